The van der Waals surface area contributed by atoms with E-state index in [2.05, 4.69) is 20.1 Å². The molecule has 0 saturated carbocycles. The SMILES string of the molecule is Cc1noc(-c2ccccc2)c1CSC[C@H]1O[C@@H](n2cc(-c3ccc(-c4ccccn4)cc3)c3c(N)ncnc32)[C@H](O)[C@@H]1O. The molecule has 1 fully saturated rings. The molecule has 1 aliphatic heterocycles. The number of hydrogen-bond donors (Lipinski definition) is 3. The fourth-order valence-electron chi connectivity index (χ4n) is 5.62. The average Bonchev–Trinajstić information content (AvgIpc) is 3.72. The summed E-state index contributed by atoms with van der Waals surface area (Å²) < 4.78 is 13.7. The third-order valence-corrected chi connectivity index (χ3v) is 9.01. The van der Waals surface area contributed by atoms with E-state index in [1.807, 2.05) is 85.9 Å². The van der Waals surface area contributed by atoms with Gasteiger partial charge < -0.3 is 29.8 Å². The fourth-order valence-corrected chi connectivity index (χ4v) is 6.79. The van der Waals surface area contributed by atoms with Gasteiger partial charge in [-0.05, 0) is 24.6 Å². The predicted molar refractivity (Wildman–Crippen MR) is 169 cm³/mol. The summed E-state index contributed by atoms with van der Waals surface area (Å²) in [5.41, 5.74) is 13.2. The van der Waals surface area contributed by atoms with Crippen LogP contribution < -0.4 is 5.73 Å². The number of hydrogen-bond acceptors (Lipinski definition) is 10. The molecule has 5 heterocycles. The minimum atomic E-state index is -1.18. The lowest BCUT2D eigenvalue weighted by atomic mass is 10.0. The number of aromatic nitrogens is 5. The Hall–Kier alpha value is -4.55. The van der Waals surface area contributed by atoms with E-state index in [0.29, 0.717) is 28.4 Å². The fraction of sp³-hybridized carbons (Fsp3) is 0.212. The Labute approximate surface area is 257 Å². The van der Waals surface area contributed by atoms with Gasteiger partial charge in [0.15, 0.2) is 12.0 Å². The molecule has 4 atom stereocenters. The molecule has 6 aromatic rings. The lowest BCUT2D eigenvalue weighted by molar-refractivity contribution is -0.0285. The lowest BCUT2D eigenvalue weighted by Gasteiger charge is -2.17. The summed E-state index contributed by atoms with van der Waals surface area (Å²) in [5, 5.41) is 27.0. The summed E-state index contributed by atoms with van der Waals surface area (Å²) in [6.07, 6.45) is 1.25. The van der Waals surface area contributed by atoms with Gasteiger partial charge >= 0.3 is 0 Å². The van der Waals surface area contributed by atoms with Crippen LogP contribution in [0, 0.1) is 6.92 Å². The first-order valence-electron chi connectivity index (χ1n) is 14.2. The number of thioether (sulfide) groups is 1. The number of benzene rings is 2. The zero-order chi connectivity index (χ0) is 30.2. The van der Waals surface area contributed by atoms with Crippen LogP contribution in [0.4, 0.5) is 5.82 Å². The minimum Gasteiger partial charge on any atom is -0.387 e. The number of aliphatic hydroxyl groups excluding tert-OH is 2. The number of rotatable bonds is 8. The standard InChI is InChI=1S/C33H30N6O4S/c1-19-24(30(43-38-19)22-7-3-2-4-8-22)16-44-17-26-28(40)29(41)33(42-26)39-15-23(27-31(34)36-18-37-32(27)39)20-10-12-21(13-11-20)25-9-5-6-14-35-25/h2-15,18,26,28-29,33,40-41H,16-17H2,1H3,(H2,34,36,37)/t26-,28-,29-,33-/m1/s1. The maximum absolute atomic E-state index is 11.2. The summed E-state index contributed by atoms with van der Waals surface area (Å²) in [7, 11) is 0. The number of aliphatic hydroxyl groups is 2. The summed E-state index contributed by atoms with van der Waals surface area (Å²) >= 11 is 1.59. The highest BCUT2D eigenvalue weighted by atomic mass is 32.2. The first-order valence-corrected chi connectivity index (χ1v) is 15.4. The summed E-state index contributed by atoms with van der Waals surface area (Å²) in [5.74, 6) is 2.11. The summed E-state index contributed by atoms with van der Waals surface area (Å²) in [6, 6.07) is 23.6. The molecule has 0 spiro atoms. The van der Waals surface area contributed by atoms with Crippen molar-refractivity contribution in [3.8, 4) is 33.7 Å². The van der Waals surface area contributed by atoms with E-state index in [1.165, 1.54) is 6.33 Å². The Bertz CT molecular complexity index is 1900. The quantitative estimate of drug-likeness (QED) is 0.210. The van der Waals surface area contributed by atoms with Crippen LogP contribution >= 0.6 is 11.8 Å². The number of fused-ring (bicyclic) bond motifs is 1. The lowest BCUT2D eigenvalue weighted by Crippen LogP contribution is -2.32. The molecule has 4 N–H and O–H groups in total. The van der Waals surface area contributed by atoms with Crippen LogP contribution in [0.2, 0.25) is 0 Å². The zero-order valence-electron chi connectivity index (χ0n) is 23.8. The van der Waals surface area contributed by atoms with Crippen molar-refractivity contribution in [3.63, 3.8) is 0 Å². The molecule has 0 amide bonds. The third-order valence-electron chi connectivity index (χ3n) is 7.96. The van der Waals surface area contributed by atoms with Gasteiger partial charge in [0.05, 0.1) is 22.9 Å². The van der Waals surface area contributed by atoms with Crippen molar-refractivity contribution in [2.45, 2.75) is 37.2 Å². The number of nitrogens with zero attached hydrogens (tertiary/aromatic N) is 5. The van der Waals surface area contributed by atoms with Gasteiger partial charge in [-0.2, -0.15) is 11.8 Å². The molecule has 44 heavy (non-hydrogen) atoms. The second-order valence-corrected chi connectivity index (χ2v) is 11.7. The molecule has 222 valence electrons. The predicted octanol–water partition coefficient (Wildman–Crippen LogP) is 5.26. The number of pyridine rings is 1. The molecule has 10 nitrogen and oxygen atoms in total. The third kappa shape index (κ3) is 5.13. The smallest absolute Gasteiger partial charge is 0.171 e. The molecule has 0 bridgehead atoms. The van der Waals surface area contributed by atoms with Gasteiger partial charge in [-0.15, -0.1) is 0 Å². The van der Waals surface area contributed by atoms with Crippen molar-refractivity contribution >= 4 is 28.6 Å². The van der Waals surface area contributed by atoms with Crippen LogP contribution in [0.15, 0.2) is 96.0 Å². The minimum absolute atomic E-state index is 0.316. The molecule has 1 aliphatic rings. The molecule has 4 aromatic heterocycles. The molecule has 0 unspecified atom stereocenters. The maximum atomic E-state index is 11.2. The van der Waals surface area contributed by atoms with Crippen LogP contribution in [0.3, 0.4) is 0 Å². The van der Waals surface area contributed by atoms with Crippen molar-refractivity contribution in [1.82, 2.24) is 24.7 Å². The Morgan fingerprint density at radius 3 is 2.43 bits per heavy atom. The van der Waals surface area contributed by atoms with E-state index in [9.17, 15) is 10.2 Å². The van der Waals surface area contributed by atoms with Crippen molar-refractivity contribution < 1.29 is 19.5 Å². The van der Waals surface area contributed by atoms with E-state index < -0.39 is 24.5 Å². The van der Waals surface area contributed by atoms with Gasteiger partial charge in [0.1, 0.15) is 30.0 Å². The number of ether oxygens (including phenoxy) is 1. The first-order chi connectivity index (χ1) is 21.5. The summed E-state index contributed by atoms with van der Waals surface area (Å²) in [4.78, 5) is 13.1. The first kappa shape index (κ1) is 28.2. The largest absolute Gasteiger partial charge is 0.387 e. The second kappa shape index (κ2) is 11.9. The second-order valence-electron chi connectivity index (χ2n) is 10.7. The Morgan fingerprint density at radius 1 is 0.886 bits per heavy atom. The molecule has 2 aromatic carbocycles. The van der Waals surface area contributed by atoms with Gasteiger partial charge in [0.25, 0.3) is 0 Å². The average molecular weight is 607 g/mol. The monoisotopic (exact) mass is 606 g/mol. The molecule has 0 radical (unpaired) electrons. The number of anilines is 1. The van der Waals surface area contributed by atoms with Crippen LogP contribution in [0.1, 0.15) is 17.5 Å². The van der Waals surface area contributed by atoms with Gasteiger partial charge in [-0.3, -0.25) is 4.98 Å². The number of nitrogens with two attached hydrogens (primary N) is 1. The van der Waals surface area contributed by atoms with Gasteiger partial charge in [-0.25, -0.2) is 9.97 Å². The van der Waals surface area contributed by atoms with Gasteiger partial charge in [-0.1, -0.05) is 65.8 Å². The van der Waals surface area contributed by atoms with Crippen LogP contribution in [-0.4, -0.2) is 59.0 Å². The van der Waals surface area contributed by atoms with Crippen molar-refractivity contribution in [1.29, 1.82) is 0 Å². The van der Waals surface area contributed by atoms with Crippen LogP contribution in [0.25, 0.3) is 44.7 Å². The molecular weight excluding hydrogens is 576 g/mol. The van der Waals surface area contributed by atoms with Crippen molar-refractivity contribution in [3.05, 3.63) is 103 Å². The van der Waals surface area contributed by atoms with E-state index in [-0.39, 0.29) is 0 Å². The normalized spacial score (nSPS) is 20.0. The van der Waals surface area contributed by atoms with Crippen molar-refractivity contribution in [2.24, 2.45) is 0 Å². The van der Waals surface area contributed by atoms with Gasteiger partial charge in [0, 0.05) is 46.2 Å². The van der Waals surface area contributed by atoms with E-state index in [4.69, 9.17) is 15.0 Å². The van der Waals surface area contributed by atoms with Crippen molar-refractivity contribution in [2.75, 3.05) is 11.5 Å². The zero-order valence-corrected chi connectivity index (χ0v) is 24.6. The topological polar surface area (TPSA) is 145 Å². The van der Waals surface area contributed by atoms with Crippen LogP contribution in [0.5, 0.6) is 0 Å². The summed E-state index contributed by atoms with van der Waals surface area (Å²) in [6.45, 7) is 1.92. The Balaban J connectivity index is 1.12. The molecule has 1 saturated heterocycles. The molecular formula is C33H30N6O4S. The Kier molecular flexibility index (Phi) is 7.61. The molecule has 11 heteroatoms. The molecule has 7 rings (SSSR count). The highest BCUT2D eigenvalue weighted by Crippen LogP contribution is 2.40. The Morgan fingerprint density at radius 2 is 1.66 bits per heavy atom. The maximum Gasteiger partial charge on any atom is 0.171 e. The van der Waals surface area contributed by atoms with E-state index >= 15 is 0 Å². The van der Waals surface area contributed by atoms with Crippen LogP contribution in [-0.2, 0) is 10.5 Å². The van der Waals surface area contributed by atoms with Gasteiger partial charge in [0.2, 0.25) is 0 Å². The number of aryl methyl sites for hydroxylation is 1. The highest BCUT2D eigenvalue weighted by molar-refractivity contribution is 7.98. The van der Waals surface area contributed by atoms with E-state index in [1.54, 1.807) is 22.5 Å². The number of nitrogen functional groups attached to an aromatic ring is 1. The highest BCUT2D eigenvalue weighted by Gasteiger charge is 2.44. The van der Waals surface area contributed by atoms with E-state index in [0.717, 1.165) is 45.0 Å². The molecule has 0 aliphatic carbocycles.